The van der Waals surface area contributed by atoms with Crippen molar-refractivity contribution >= 4 is 44.3 Å². The highest BCUT2D eigenvalue weighted by Gasteiger charge is 2.09. The number of amides is 1. The van der Waals surface area contributed by atoms with Gasteiger partial charge in [-0.05, 0) is 34.1 Å². The number of benzene rings is 1. The van der Waals surface area contributed by atoms with Crippen LogP contribution in [0.5, 0.6) is 5.75 Å². The second kappa shape index (κ2) is 6.68. The molecule has 0 aliphatic carbocycles. The Morgan fingerprint density at radius 1 is 1.48 bits per heavy atom. The quantitative estimate of drug-likeness (QED) is 0.843. The molecule has 6 nitrogen and oxygen atoms in total. The van der Waals surface area contributed by atoms with Gasteiger partial charge in [0, 0.05) is 12.3 Å². The average Bonchev–Trinajstić information content (AvgIpc) is 2.84. The molecule has 1 heterocycles. The van der Waals surface area contributed by atoms with Crippen LogP contribution in [-0.4, -0.2) is 22.0 Å². The fraction of sp³-hybridized carbons (Fsp3) is 0.154. The van der Waals surface area contributed by atoms with Gasteiger partial charge in [-0.25, -0.2) is 9.78 Å². The lowest BCUT2D eigenvalue weighted by Gasteiger charge is -2.07. The summed E-state index contributed by atoms with van der Waals surface area (Å²) in [6.07, 6.45) is 0. The van der Waals surface area contributed by atoms with Crippen molar-refractivity contribution in [3.8, 4) is 5.75 Å². The number of aromatic nitrogens is 1. The van der Waals surface area contributed by atoms with E-state index < -0.39 is 5.97 Å². The largest absolute Gasteiger partial charge is 0.486 e. The molecule has 110 valence electrons. The number of hydrogen-bond donors (Lipinski definition) is 2. The van der Waals surface area contributed by atoms with Crippen molar-refractivity contribution in [2.45, 2.75) is 13.5 Å². The standard InChI is InChI=1S/C13H11BrN2O4S/c1-7(17)15-13-16-9(6-21-13)5-20-11-4-8(12(18)19)2-3-10(11)14/h2-4,6H,5H2,1H3,(H,18,19)(H,15,16,17). The Balaban J connectivity index is 2.05. The van der Waals surface area contributed by atoms with Crippen molar-refractivity contribution in [1.29, 1.82) is 0 Å². The molecule has 0 atom stereocenters. The summed E-state index contributed by atoms with van der Waals surface area (Å²) >= 11 is 4.59. The lowest BCUT2D eigenvalue weighted by Crippen LogP contribution is -2.05. The van der Waals surface area contributed by atoms with Crippen LogP contribution in [0.2, 0.25) is 0 Å². The van der Waals surface area contributed by atoms with Gasteiger partial charge in [-0.1, -0.05) is 0 Å². The molecule has 0 aliphatic rings. The number of nitrogens with zero attached hydrogens (tertiary/aromatic N) is 1. The monoisotopic (exact) mass is 370 g/mol. The molecular formula is C13H11BrN2O4S. The molecule has 0 saturated carbocycles. The SMILES string of the molecule is CC(=O)Nc1nc(COc2cc(C(=O)O)ccc2Br)cs1. The number of carboxylic acid groups (broad SMARTS) is 1. The number of aromatic carboxylic acids is 1. The van der Waals surface area contributed by atoms with Gasteiger partial charge < -0.3 is 15.2 Å². The van der Waals surface area contributed by atoms with E-state index in [0.717, 1.165) is 0 Å². The van der Waals surface area contributed by atoms with Crippen molar-refractivity contribution in [3.63, 3.8) is 0 Å². The summed E-state index contributed by atoms with van der Waals surface area (Å²) in [5, 5.41) is 13.8. The number of anilines is 1. The summed E-state index contributed by atoms with van der Waals surface area (Å²) in [7, 11) is 0. The van der Waals surface area contributed by atoms with Crippen LogP contribution < -0.4 is 10.1 Å². The van der Waals surface area contributed by atoms with Crippen LogP contribution >= 0.6 is 27.3 Å². The zero-order valence-corrected chi connectivity index (χ0v) is 13.3. The molecule has 0 unspecified atom stereocenters. The first-order chi connectivity index (χ1) is 9.95. The van der Waals surface area contributed by atoms with E-state index in [4.69, 9.17) is 9.84 Å². The summed E-state index contributed by atoms with van der Waals surface area (Å²) in [4.78, 5) is 26.0. The zero-order valence-electron chi connectivity index (χ0n) is 10.9. The van der Waals surface area contributed by atoms with E-state index >= 15 is 0 Å². The van der Waals surface area contributed by atoms with Crippen LogP contribution in [0.4, 0.5) is 5.13 Å². The highest BCUT2D eigenvalue weighted by molar-refractivity contribution is 9.10. The number of carboxylic acids is 1. The van der Waals surface area contributed by atoms with Gasteiger partial charge in [0.2, 0.25) is 5.91 Å². The third-order valence-corrected chi connectivity index (χ3v) is 3.85. The van der Waals surface area contributed by atoms with Crippen molar-refractivity contribution < 1.29 is 19.4 Å². The number of hydrogen-bond acceptors (Lipinski definition) is 5. The van der Waals surface area contributed by atoms with Gasteiger partial charge in [-0.15, -0.1) is 11.3 Å². The van der Waals surface area contributed by atoms with Crippen LogP contribution in [-0.2, 0) is 11.4 Å². The van der Waals surface area contributed by atoms with Crippen LogP contribution in [0.3, 0.4) is 0 Å². The van der Waals surface area contributed by atoms with Crippen LogP contribution in [0.1, 0.15) is 23.0 Å². The molecule has 0 saturated heterocycles. The Kier molecular flexibility index (Phi) is 4.92. The topological polar surface area (TPSA) is 88.5 Å². The number of rotatable bonds is 5. The van der Waals surface area contributed by atoms with Gasteiger partial charge in [-0.3, -0.25) is 4.79 Å². The maximum Gasteiger partial charge on any atom is 0.335 e. The number of halogens is 1. The van der Waals surface area contributed by atoms with Gasteiger partial charge in [0.1, 0.15) is 12.4 Å². The van der Waals surface area contributed by atoms with Crippen LogP contribution in [0.25, 0.3) is 0 Å². The van der Waals surface area contributed by atoms with E-state index in [1.165, 1.54) is 30.4 Å². The fourth-order valence-corrected chi connectivity index (χ4v) is 2.58. The zero-order chi connectivity index (χ0) is 15.4. The van der Waals surface area contributed by atoms with Crippen molar-refractivity contribution in [2.24, 2.45) is 0 Å². The highest BCUT2D eigenvalue weighted by atomic mass is 79.9. The minimum Gasteiger partial charge on any atom is -0.486 e. The third-order valence-electron chi connectivity index (χ3n) is 2.39. The van der Waals surface area contributed by atoms with E-state index in [-0.39, 0.29) is 18.1 Å². The minimum absolute atomic E-state index is 0.144. The van der Waals surface area contributed by atoms with Crippen LogP contribution in [0.15, 0.2) is 28.1 Å². The molecule has 2 aromatic rings. The first-order valence-electron chi connectivity index (χ1n) is 5.83. The summed E-state index contributed by atoms with van der Waals surface area (Å²) in [5.41, 5.74) is 0.793. The number of thiazole rings is 1. The molecule has 0 spiro atoms. The highest BCUT2D eigenvalue weighted by Crippen LogP contribution is 2.27. The van der Waals surface area contributed by atoms with Crippen molar-refractivity contribution in [3.05, 3.63) is 39.3 Å². The summed E-state index contributed by atoms with van der Waals surface area (Å²) in [6.45, 7) is 1.59. The Morgan fingerprint density at radius 2 is 2.24 bits per heavy atom. The molecule has 1 amide bonds. The normalized spacial score (nSPS) is 10.2. The van der Waals surface area contributed by atoms with Gasteiger partial charge in [0.15, 0.2) is 5.13 Å². The molecule has 2 N–H and O–H groups in total. The number of nitrogens with one attached hydrogen (secondary N) is 1. The third kappa shape index (κ3) is 4.27. The van der Waals surface area contributed by atoms with Crippen molar-refractivity contribution in [1.82, 2.24) is 4.98 Å². The fourth-order valence-electron chi connectivity index (χ4n) is 1.48. The van der Waals surface area contributed by atoms with E-state index in [2.05, 4.69) is 26.2 Å². The van der Waals surface area contributed by atoms with Gasteiger partial charge in [0.25, 0.3) is 0 Å². The molecule has 8 heteroatoms. The lowest BCUT2D eigenvalue weighted by atomic mass is 10.2. The minimum atomic E-state index is -1.02. The molecule has 0 radical (unpaired) electrons. The molecule has 0 fully saturated rings. The molecule has 0 aliphatic heterocycles. The summed E-state index contributed by atoms with van der Waals surface area (Å²) in [5.74, 6) is -0.786. The Bertz CT molecular complexity index is 687. The van der Waals surface area contributed by atoms with Crippen LogP contribution in [0, 0.1) is 0 Å². The van der Waals surface area contributed by atoms with Gasteiger partial charge >= 0.3 is 5.97 Å². The summed E-state index contributed by atoms with van der Waals surface area (Å²) in [6, 6.07) is 4.53. The number of carbonyl (C=O) groups is 2. The maximum absolute atomic E-state index is 10.9. The Morgan fingerprint density at radius 3 is 2.90 bits per heavy atom. The first kappa shape index (κ1) is 15.5. The second-order valence-corrected chi connectivity index (χ2v) is 5.78. The average molecular weight is 371 g/mol. The molecule has 21 heavy (non-hydrogen) atoms. The number of ether oxygens (including phenoxy) is 1. The first-order valence-corrected chi connectivity index (χ1v) is 7.50. The second-order valence-electron chi connectivity index (χ2n) is 4.06. The number of carbonyl (C=O) groups excluding carboxylic acids is 1. The predicted molar refractivity (Wildman–Crippen MR) is 81.9 cm³/mol. The molecule has 2 rings (SSSR count). The Labute approximate surface area is 132 Å². The molecule has 1 aromatic carbocycles. The molecule has 1 aromatic heterocycles. The van der Waals surface area contributed by atoms with Crippen molar-refractivity contribution in [2.75, 3.05) is 5.32 Å². The maximum atomic E-state index is 10.9. The van der Waals surface area contributed by atoms with E-state index in [1.807, 2.05) is 0 Å². The van der Waals surface area contributed by atoms with E-state index in [1.54, 1.807) is 11.4 Å². The smallest absolute Gasteiger partial charge is 0.335 e. The summed E-state index contributed by atoms with van der Waals surface area (Å²) < 4.78 is 6.21. The van der Waals surface area contributed by atoms with E-state index in [0.29, 0.717) is 21.0 Å². The molecular weight excluding hydrogens is 360 g/mol. The molecule has 0 bridgehead atoms. The lowest BCUT2D eigenvalue weighted by molar-refractivity contribution is -0.114. The van der Waals surface area contributed by atoms with E-state index in [9.17, 15) is 9.59 Å². The van der Waals surface area contributed by atoms with Gasteiger partial charge in [0.05, 0.1) is 15.7 Å². The predicted octanol–water partition coefficient (Wildman–Crippen LogP) is 3.14. The van der Waals surface area contributed by atoms with Gasteiger partial charge in [-0.2, -0.15) is 0 Å². The Hall–Kier alpha value is -1.93.